The second-order valence-corrected chi connectivity index (χ2v) is 7.45. The molecule has 2 saturated heterocycles. The Morgan fingerprint density at radius 2 is 1.96 bits per heavy atom. The zero-order chi connectivity index (χ0) is 20.2. The molecule has 2 fully saturated rings. The first-order chi connectivity index (χ1) is 12.6. The van der Waals surface area contributed by atoms with Gasteiger partial charge in [0.05, 0.1) is 19.0 Å². The van der Waals surface area contributed by atoms with Gasteiger partial charge in [-0.05, 0) is 25.9 Å². The topological polar surface area (TPSA) is 79.0 Å². The van der Waals surface area contributed by atoms with Gasteiger partial charge in [-0.1, -0.05) is 19.9 Å². The molecule has 1 N–H and O–H groups in total. The molecule has 2 rings (SSSR count). The number of alkyl halides is 2. The van der Waals surface area contributed by atoms with Gasteiger partial charge in [-0.2, -0.15) is 0 Å². The van der Waals surface area contributed by atoms with Crippen molar-refractivity contribution in [3.8, 4) is 0 Å². The number of hydrogen-bond acceptors (Lipinski definition) is 6. The Morgan fingerprint density at radius 3 is 2.52 bits per heavy atom. The zero-order valence-corrected chi connectivity index (χ0v) is 15.9. The lowest BCUT2D eigenvalue weighted by Gasteiger charge is -2.37. The van der Waals surface area contributed by atoms with E-state index >= 15 is 0 Å². The summed E-state index contributed by atoms with van der Waals surface area (Å²) in [7, 11) is 1.64. The quantitative estimate of drug-likeness (QED) is 0.393. The molecule has 0 aromatic carbocycles. The number of carbonyl (C=O) groups is 3. The SMILES string of the molecule is CN[C@H](C(=O)OC(=O)[C@H]1CCN(C/C=C/C(=O)N2CC(F)(F)C2)C1)C(C)C. The van der Waals surface area contributed by atoms with Crippen LogP contribution >= 0.6 is 0 Å². The maximum atomic E-state index is 12.7. The second kappa shape index (κ2) is 8.88. The molecule has 2 aliphatic rings. The van der Waals surface area contributed by atoms with Gasteiger partial charge in [0.2, 0.25) is 5.91 Å². The van der Waals surface area contributed by atoms with Crippen LogP contribution in [0.25, 0.3) is 0 Å². The van der Waals surface area contributed by atoms with E-state index in [4.69, 9.17) is 4.74 Å². The number of esters is 2. The molecule has 0 spiro atoms. The summed E-state index contributed by atoms with van der Waals surface area (Å²) in [6.45, 7) is 4.14. The second-order valence-electron chi connectivity index (χ2n) is 7.45. The Bertz CT molecular complexity index is 601. The molecule has 0 aromatic heterocycles. The highest BCUT2D eigenvalue weighted by Gasteiger charge is 2.45. The van der Waals surface area contributed by atoms with Crippen molar-refractivity contribution in [1.82, 2.24) is 15.1 Å². The van der Waals surface area contributed by atoms with Crippen LogP contribution in [-0.4, -0.2) is 79.4 Å². The number of likely N-dealkylation sites (tertiary alicyclic amines) is 2. The van der Waals surface area contributed by atoms with Crippen molar-refractivity contribution in [2.45, 2.75) is 32.2 Å². The number of nitrogens with one attached hydrogen (secondary N) is 1. The zero-order valence-electron chi connectivity index (χ0n) is 15.9. The van der Waals surface area contributed by atoms with Gasteiger partial charge in [0.25, 0.3) is 5.92 Å². The van der Waals surface area contributed by atoms with E-state index in [0.29, 0.717) is 26.1 Å². The van der Waals surface area contributed by atoms with Crippen LogP contribution in [0.5, 0.6) is 0 Å². The highest BCUT2D eigenvalue weighted by atomic mass is 19.3. The molecule has 0 aromatic rings. The van der Waals surface area contributed by atoms with E-state index in [0.717, 1.165) is 4.90 Å². The predicted octanol–water partition coefficient (Wildman–Crippen LogP) is 0.656. The molecule has 2 heterocycles. The predicted molar refractivity (Wildman–Crippen MR) is 94.0 cm³/mol. The third-order valence-electron chi connectivity index (χ3n) is 4.82. The summed E-state index contributed by atoms with van der Waals surface area (Å²) in [4.78, 5) is 38.9. The van der Waals surface area contributed by atoms with Crippen LogP contribution in [0.2, 0.25) is 0 Å². The molecule has 9 heteroatoms. The first-order valence-corrected chi connectivity index (χ1v) is 9.11. The van der Waals surface area contributed by atoms with E-state index in [1.807, 2.05) is 18.7 Å². The van der Waals surface area contributed by atoms with E-state index in [-0.39, 0.29) is 5.92 Å². The summed E-state index contributed by atoms with van der Waals surface area (Å²) in [5.41, 5.74) is 0. The number of ether oxygens (including phenoxy) is 1. The average molecular weight is 387 g/mol. The molecule has 0 aliphatic carbocycles. The Hall–Kier alpha value is -1.87. The van der Waals surface area contributed by atoms with Crippen molar-refractivity contribution in [2.24, 2.45) is 11.8 Å². The van der Waals surface area contributed by atoms with Crippen molar-refractivity contribution >= 4 is 17.8 Å². The third kappa shape index (κ3) is 5.80. The smallest absolute Gasteiger partial charge is 0.331 e. The molecule has 7 nitrogen and oxygen atoms in total. The third-order valence-corrected chi connectivity index (χ3v) is 4.82. The van der Waals surface area contributed by atoms with Gasteiger partial charge in [0, 0.05) is 19.2 Å². The molecule has 0 unspecified atom stereocenters. The fourth-order valence-electron chi connectivity index (χ4n) is 3.24. The molecule has 0 saturated carbocycles. The first kappa shape index (κ1) is 21.4. The van der Waals surface area contributed by atoms with Crippen LogP contribution in [0, 0.1) is 11.8 Å². The van der Waals surface area contributed by atoms with Crippen LogP contribution in [-0.2, 0) is 19.1 Å². The van der Waals surface area contributed by atoms with Crippen LogP contribution in [0.3, 0.4) is 0 Å². The highest BCUT2D eigenvalue weighted by Crippen LogP contribution is 2.26. The average Bonchev–Trinajstić information content (AvgIpc) is 3.01. The summed E-state index contributed by atoms with van der Waals surface area (Å²) in [6.07, 6.45) is 3.45. The van der Waals surface area contributed by atoms with Gasteiger partial charge in [0.1, 0.15) is 6.04 Å². The van der Waals surface area contributed by atoms with Gasteiger partial charge in [-0.15, -0.1) is 0 Å². The summed E-state index contributed by atoms with van der Waals surface area (Å²) < 4.78 is 30.5. The summed E-state index contributed by atoms with van der Waals surface area (Å²) >= 11 is 0. The van der Waals surface area contributed by atoms with E-state index in [9.17, 15) is 23.2 Å². The fourth-order valence-corrected chi connectivity index (χ4v) is 3.24. The van der Waals surface area contributed by atoms with E-state index in [1.54, 1.807) is 13.1 Å². The van der Waals surface area contributed by atoms with Gasteiger partial charge in [-0.3, -0.25) is 14.5 Å². The van der Waals surface area contributed by atoms with Gasteiger partial charge in [-0.25, -0.2) is 13.6 Å². The van der Waals surface area contributed by atoms with Crippen LogP contribution in [0.1, 0.15) is 20.3 Å². The number of nitrogens with zero attached hydrogens (tertiary/aromatic N) is 2. The van der Waals surface area contributed by atoms with Crippen LogP contribution < -0.4 is 5.32 Å². The van der Waals surface area contributed by atoms with Crippen LogP contribution in [0.4, 0.5) is 8.78 Å². The number of hydrogen-bond donors (Lipinski definition) is 1. The van der Waals surface area contributed by atoms with Gasteiger partial charge >= 0.3 is 11.9 Å². The largest absolute Gasteiger partial charge is 0.392 e. The maximum Gasteiger partial charge on any atom is 0.331 e. The van der Waals surface area contributed by atoms with Gasteiger partial charge in [0.15, 0.2) is 0 Å². The van der Waals surface area contributed by atoms with E-state index < -0.39 is 48.8 Å². The molecular formula is C18H27F2N3O4. The molecule has 0 radical (unpaired) electrons. The van der Waals surface area contributed by atoms with Crippen molar-refractivity contribution in [3.05, 3.63) is 12.2 Å². The Labute approximate surface area is 157 Å². The van der Waals surface area contributed by atoms with E-state index in [2.05, 4.69) is 5.32 Å². The monoisotopic (exact) mass is 387 g/mol. The standard InChI is InChI=1S/C18H27F2N3O4/c1-12(2)15(21-3)17(26)27-16(25)13-6-8-22(9-13)7-4-5-14(24)23-10-18(19,20)11-23/h4-5,12-13,15,21H,6-11H2,1-3H3/b5-4+/t13-,15-/m0/s1. The summed E-state index contributed by atoms with van der Waals surface area (Å²) in [5.74, 6) is -4.71. The lowest BCUT2D eigenvalue weighted by molar-refractivity contribution is -0.164. The summed E-state index contributed by atoms with van der Waals surface area (Å²) in [5, 5.41) is 2.84. The highest BCUT2D eigenvalue weighted by molar-refractivity contribution is 5.90. The number of halogens is 2. The van der Waals surface area contributed by atoms with E-state index in [1.165, 1.54) is 6.08 Å². The Balaban J connectivity index is 1.73. The lowest BCUT2D eigenvalue weighted by atomic mass is 10.0. The van der Waals surface area contributed by atoms with Gasteiger partial charge < -0.3 is 15.0 Å². The summed E-state index contributed by atoms with van der Waals surface area (Å²) in [6, 6.07) is -0.533. The molecule has 0 bridgehead atoms. The molecule has 27 heavy (non-hydrogen) atoms. The molecule has 1 amide bonds. The molecular weight excluding hydrogens is 360 g/mol. The number of likely N-dealkylation sites (N-methyl/N-ethyl adjacent to an activating group) is 1. The fraction of sp³-hybridized carbons (Fsp3) is 0.722. The number of rotatable bonds is 7. The normalized spacial score (nSPS) is 23.5. The van der Waals surface area contributed by atoms with Crippen molar-refractivity contribution in [2.75, 3.05) is 39.8 Å². The Morgan fingerprint density at radius 1 is 1.30 bits per heavy atom. The van der Waals surface area contributed by atoms with Crippen molar-refractivity contribution < 1.29 is 27.9 Å². The number of carbonyl (C=O) groups excluding carboxylic acids is 3. The van der Waals surface area contributed by atoms with Crippen molar-refractivity contribution in [3.63, 3.8) is 0 Å². The Kier molecular flexibility index (Phi) is 7.05. The number of amides is 1. The molecule has 2 aliphatic heterocycles. The van der Waals surface area contributed by atoms with Crippen molar-refractivity contribution in [1.29, 1.82) is 0 Å². The molecule has 152 valence electrons. The van der Waals surface area contributed by atoms with Crippen LogP contribution in [0.15, 0.2) is 12.2 Å². The minimum absolute atomic E-state index is 0.00408. The first-order valence-electron chi connectivity index (χ1n) is 9.11. The minimum Gasteiger partial charge on any atom is -0.392 e. The minimum atomic E-state index is -2.77. The maximum absolute atomic E-state index is 12.7. The lowest BCUT2D eigenvalue weighted by Crippen LogP contribution is -2.58. The molecule has 2 atom stereocenters.